The Bertz CT molecular complexity index is 980. The molecule has 6 fully saturated rings. The van der Waals surface area contributed by atoms with Crippen molar-refractivity contribution in [3.63, 3.8) is 0 Å². The molecular weight excluding hydrogens is 444 g/mol. The molecule has 2 heterocycles. The van der Waals surface area contributed by atoms with Gasteiger partial charge in [0, 0.05) is 36.3 Å². The molecule has 6 aliphatic rings. The first-order valence-corrected chi connectivity index (χ1v) is 13.7. The SMILES string of the molecule is CC=C[C@]1(C)C[C@@H](OC(=O)NC(=O)[C@H]2CN3CC[C@@H]2C3)[C@]23C[C@@H]2CCC2(CCC(=O)C23)[C@@H](C)[C@@H]1O. The molecule has 1 spiro atoms. The molecule has 4 bridgehead atoms. The zero-order valence-corrected chi connectivity index (χ0v) is 21.3. The Morgan fingerprint density at radius 1 is 1.20 bits per heavy atom. The number of imide groups is 1. The number of aliphatic hydroxyl groups excluding tert-OH is 1. The van der Waals surface area contributed by atoms with Gasteiger partial charge in [-0.2, -0.15) is 0 Å². The van der Waals surface area contributed by atoms with Crippen LogP contribution in [0.3, 0.4) is 0 Å². The first-order valence-electron chi connectivity index (χ1n) is 13.7. The molecule has 2 amide bonds. The zero-order valence-electron chi connectivity index (χ0n) is 21.3. The number of allylic oxidation sites excluding steroid dienone is 1. The number of fused-ring (bicyclic) bond motifs is 2. The van der Waals surface area contributed by atoms with Crippen molar-refractivity contribution in [2.75, 3.05) is 19.6 Å². The van der Waals surface area contributed by atoms with Gasteiger partial charge in [0.15, 0.2) is 0 Å². The lowest BCUT2D eigenvalue weighted by Gasteiger charge is -2.55. The normalized spacial score (nSPS) is 51.9. The smallest absolute Gasteiger partial charge is 0.414 e. The van der Waals surface area contributed by atoms with Gasteiger partial charge in [-0.05, 0) is 75.2 Å². The van der Waals surface area contributed by atoms with E-state index in [1.807, 2.05) is 13.0 Å². The summed E-state index contributed by atoms with van der Waals surface area (Å²) in [5.74, 6) is 0.394. The zero-order chi connectivity index (χ0) is 24.8. The lowest BCUT2D eigenvalue weighted by atomic mass is 9.50. The maximum atomic E-state index is 13.4. The first-order chi connectivity index (χ1) is 16.6. The molecule has 4 aliphatic carbocycles. The van der Waals surface area contributed by atoms with Crippen LogP contribution in [0.15, 0.2) is 12.2 Å². The van der Waals surface area contributed by atoms with E-state index in [1.54, 1.807) is 0 Å². The molecule has 3 unspecified atom stereocenters. The van der Waals surface area contributed by atoms with Crippen molar-refractivity contribution in [3.8, 4) is 0 Å². The predicted molar refractivity (Wildman–Crippen MR) is 129 cm³/mol. The molecule has 4 saturated carbocycles. The third kappa shape index (κ3) is 3.26. The Hall–Kier alpha value is -1.73. The summed E-state index contributed by atoms with van der Waals surface area (Å²) in [5, 5.41) is 14.3. The monoisotopic (exact) mass is 484 g/mol. The molecule has 2 saturated heterocycles. The number of alkyl carbamates (subject to hydrolysis) is 1. The summed E-state index contributed by atoms with van der Waals surface area (Å²) in [4.78, 5) is 41.8. The van der Waals surface area contributed by atoms with Crippen molar-refractivity contribution in [1.82, 2.24) is 10.2 Å². The lowest BCUT2D eigenvalue weighted by molar-refractivity contribution is -0.157. The van der Waals surface area contributed by atoms with E-state index >= 15 is 0 Å². The molecule has 11 atom stereocenters. The highest BCUT2D eigenvalue weighted by Gasteiger charge is 2.77. The number of carbonyl (C=O) groups excluding carboxylic acids is 3. The van der Waals surface area contributed by atoms with Crippen LogP contribution < -0.4 is 5.32 Å². The van der Waals surface area contributed by atoms with Crippen LogP contribution in [-0.2, 0) is 14.3 Å². The van der Waals surface area contributed by atoms with Crippen LogP contribution in [0.4, 0.5) is 4.79 Å². The number of rotatable bonds is 3. The minimum Gasteiger partial charge on any atom is -0.445 e. The second-order valence-electron chi connectivity index (χ2n) is 12.9. The second kappa shape index (κ2) is 7.88. The summed E-state index contributed by atoms with van der Waals surface area (Å²) in [6.07, 6.45) is 7.88. The van der Waals surface area contributed by atoms with E-state index in [-0.39, 0.29) is 40.3 Å². The number of carbonyl (C=O) groups is 3. The number of hydrogen-bond acceptors (Lipinski definition) is 6. The highest BCUT2D eigenvalue weighted by molar-refractivity contribution is 5.93. The quantitative estimate of drug-likeness (QED) is 0.597. The van der Waals surface area contributed by atoms with Crippen LogP contribution in [0, 0.1) is 45.8 Å². The van der Waals surface area contributed by atoms with Crippen molar-refractivity contribution in [2.45, 2.75) is 77.9 Å². The number of nitrogens with one attached hydrogen (secondary N) is 1. The van der Waals surface area contributed by atoms with E-state index in [2.05, 4.69) is 30.1 Å². The van der Waals surface area contributed by atoms with Crippen molar-refractivity contribution < 1.29 is 24.2 Å². The van der Waals surface area contributed by atoms with Crippen LogP contribution >= 0.6 is 0 Å². The molecule has 2 aliphatic heterocycles. The van der Waals surface area contributed by atoms with Crippen molar-refractivity contribution in [3.05, 3.63) is 12.2 Å². The molecule has 192 valence electrons. The van der Waals surface area contributed by atoms with Gasteiger partial charge in [-0.15, -0.1) is 0 Å². The number of nitrogens with zero attached hydrogens (tertiary/aromatic N) is 1. The van der Waals surface area contributed by atoms with Gasteiger partial charge in [0.05, 0.1) is 12.0 Å². The molecule has 35 heavy (non-hydrogen) atoms. The first kappa shape index (κ1) is 23.7. The molecule has 7 heteroatoms. The van der Waals surface area contributed by atoms with Gasteiger partial charge in [-0.1, -0.05) is 26.0 Å². The Morgan fingerprint density at radius 2 is 2.00 bits per heavy atom. The van der Waals surface area contributed by atoms with E-state index in [4.69, 9.17) is 4.74 Å². The van der Waals surface area contributed by atoms with Crippen molar-refractivity contribution in [1.29, 1.82) is 0 Å². The molecular formula is C28H40N2O5. The number of amides is 2. The average molecular weight is 485 g/mol. The summed E-state index contributed by atoms with van der Waals surface area (Å²) < 4.78 is 6.16. The number of aliphatic hydroxyl groups is 1. The summed E-state index contributed by atoms with van der Waals surface area (Å²) in [6.45, 7) is 8.81. The van der Waals surface area contributed by atoms with Crippen LogP contribution in [0.25, 0.3) is 0 Å². The minimum atomic E-state index is -0.689. The van der Waals surface area contributed by atoms with Crippen LogP contribution in [-0.4, -0.2) is 59.6 Å². The standard InChI is InChI=1S/C28H40N2O5/c1-4-8-26(3)13-21(35-25(34)29-24(33)19-15-30-11-7-17(19)14-30)28-12-18(28)5-9-27(16(2)23(26)32)10-6-20(31)22(27)28/h4,8,16-19,21-23,32H,5-7,9-15H2,1-3H3,(H,29,33,34)/t16-,17+,18-,19-,21+,22?,23-,26+,27?,28-/m0/s1. The van der Waals surface area contributed by atoms with Gasteiger partial charge < -0.3 is 14.7 Å². The number of hydrogen-bond donors (Lipinski definition) is 2. The summed E-state index contributed by atoms with van der Waals surface area (Å²) >= 11 is 0. The highest BCUT2D eigenvalue weighted by Crippen LogP contribution is 2.77. The van der Waals surface area contributed by atoms with Crippen molar-refractivity contribution >= 4 is 17.8 Å². The fourth-order valence-corrected chi connectivity index (χ4v) is 9.63. The maximum Gasteiger partial charge on any atom is 0.414 e. The van der Waals surface area contributed by atoms with Gasteiger partial charge in [-0.25, -0.2) is 4.79 Å². The van der Waals surface area contributed by atoms with Crippen molar-refractivity contribution in [2.24, 2.45) is 45.8 Å². The van der Waals surface area contributed by atoms with E-state index in [0.29, 0.717) is 31.2 Å². The Morgan fingerprint density at radius 3 is 2.69 bits per heavy atom. The van der Waals surface area contributed by atoms with E-state index in [9.17, 15) is 19.5 Å². The van der Waals surface area contributed by atoms with Gasteiger partial charge >= 0.3 is 6.09 Å². The Labute approximate surface area is 208 Å². The van der Waals surface area contributed by atoms with Gasteiger partial charge in [-0.3, -0.25) is 14.9 Å². The summed E-state index contributed by atoms with van der Waals surface area (Å²) in [5.41, 5.74) is -1.18. The Balaban J connectivity index is 1.30. The summed E-state index contributed by atoms with van der Waals surface area (Å²) in [7, 11) is 0. The minimum absolute atomic E-state index is 0.0114. The fourth-order valence-electron chi connectivity index (χ4n) is 9.63. The molecule has 7 nitrogen and oxygen atoms in total. The van der Waals surface area contributed by atoms with Crippen LogP contribution in [0.1, 0.15) is 65.7 Å². The summed E-state index contributed by atoms with van der Waals surface area (Å²) in [6, 6.07) is 0. The van der Waals surface area contributed by atoms with E-state index < -0.39 is 23.7 Å². The van der Waals surface area contributed by atoms with Gasteiger partial charge in [0.2, 0.25) is 5.91 Å². The molecule has 0 aromatic heterocycles. The van der Waals surface area contributed by atoms with E-state index in [1.165, 1.54) is 0 Å². The average Bonchev–Trinajstić information content (AvgIpc) is 3.10. The topological polar surface area (TPSA) is 95.9 Å². The van der Waals surface area contributed by atoms with Gasteiger partial charge in [0.1, 0.15) is 11.9 Å². The fraction of sp³-hybridized carbons (Fsp3) is 0.821. The van der Waals surface area contributed by atoms with E-state index in [0.717, 1.165) is 45.2 Å². The number of Topliss-reactive ketones (excluding diaryl/α,β-unsaturated/α-hetero) is 1. The third-order valence-corrected chi connectivity index (χ3v) is 11.4. The van der Waals surface area contributed by atoms with Gasteiger partial charge in [0.25, 0.3) is 0 Å². The largest absolute Gasteiger partial charge is 0.445 e. The predicted octanol–water partition coefficient (Wildman–Crippen LogP) is 3.31. The molecule has 0 aromatic rings. The highest BCUT2D eigenvalue weighted by atomic mass is 16.6. The molecule has 6 rings (SSSR count). The number of ether oxygens (including phenoxy) is 1. The Kier molecular flexibility index (Phi) is 5.33. The molecule has 2 N–H and O–H groups in total. The number of piperidine rings is 1. The van der Waals surface area contributed by atoms with Crippen LogP contribution in [0.5, 0.6) is 0 Å². The molecule has 0 aromatic carbocycles. The second-order valence-corrected chi connectivity index (χ2v) is 12.9. The number of ketones is 1. The van der Waals surface area contributed by atoms with Crippen LogP contribution in [0.2, 0.25) is 0 Å². The third-order valence-electron chi connectivity index (χ3n) is 11.4. The maximum absolute atomic E-state index is 13.4. The lowest BCUT2D eigenvalue weighted by Crippen LogP contribution is -2.58. The molecule has 0 radical (unpaired) electrons.